The fraction of sp³-hybridized carbons (Fsp3) is 0.400. The van der Waals surface area contributed by atoms with Crippen LogP contribution in [0.3, 0.4) is 0 Å². The SMILES string of the molecule is CCc1nc(-c2ccn(C)n2)sc1CN. The predicted octanol–water partition coefficient (Wildman–Crippen LogP) is 1.56. The molecule has 0 radical (unpaired) electrons. The maximum atomic E-state index is 5.67. The number of hydrogen-bond donors (Lipinski definition) is 1. The number of aromatic nitrogens is 3. The van der Waals surface area contributed by atoms with E-state index in [4.69, 9.17) is 5.73 Å². The first-order chi connectivity index (χ1) is 7.24. The van der Waals surface area contributed by atoms with Crippen LogP contribution in [0.25, 0.3) is 10.7 Å². The monoisotopic (exact) mass is 222 g/mol. The quantitative estimate of drug-likeness (QED) is 0.857. The minimum atomic E-state index is 0.563. The summed E-state index contributed by atoms with van der Waals surface area (Å²) in [5.74, 6) is 0. The third-order valence-corrected chi connectivity index (χ3v) is 3.37. The van der Waals surface area contributed by atoms with Gasteiger partial charge in [0.25, 0.3) is 0 Å². The minimum absolute atomic E-state index is 0.563. The summed E-state index contributed by atoms with van der Waals surface area (Å²) in [6, 6.07) is 1.97. The van der Waals surface area contributed by atoms with Gasteiger partial charge >= 0.3 is 0 Å². The Labute approximate surface area is 92.8 Å². The second-order valence-electron chi connectivity index (χ2n) is 3.32. The number of nitrogens with zero attached hydrogens (tertiary/aromatic N) is 3. The maximum Gasteiger partial charge on any atom is 0.144 e. The summed E-state index contributed by atoms with van der Waals surface area (Å²) in [7, 11) is 1.90. The molecule has 0 amide bonds. The minimum Gasteiger partial charge on any atom is -0.326 e. The molecule has 4 nitrogen and oxygen atoms in total. The largest absolute Gasteiger partial charge is 0.326 e. The molecule has 0 saturated heterocycles. The van der Waals surface area contributed by atoms with E-state index in [9.17, 15) is 0 Å². The second kappa shape index (κ2) is 4.12. The molecule has 0 aliphatic heterocycles. The summed E-state index contributed by atoms with van der Waals surface area (Å²) in [6.07, 6.45) is 2.85. The fourth-order valence-corrected chi connectivity index (χ4v) is 2.45. The molecular formula is C10H14N4S. The number of rotatable bonds is 3. The first kappa shape index (κ1) is 10.3. The predicted molar refractivity (Wildman–Crippen MR) is 61.6 cm³/mol. The molecule has 0 fully saturated rings. The van der Waals surface area contributed by atoms with E-state index in [0.29, 0.717) is 6.54 Å². The van der Waals surface area contributed by atoms with Gasteiger partial charge in [0.05, 0.1) is 5.69 Å². The van der Waals surface area contributed by atoms with Crippen molar-refractivity contribution in [1.82, 2.24) is 14.8 Å². The van der Waals surface area contributed by atoms with Crippen LogP contribution in [-0.4, -0.2) is 14.8 Å². The number of hydrogen-bond acceptors (Lipinski definition) is 4. The lowest BCUT2D eigenvalue weighted by Crippen LogP contribution is -1.96. The van der Waals surface area contributed by atoms with E-state index in [2.05, 4.69) is 17.0 Å². The van der Waals surface area contributed by atoms with Gasteiger partial charge in [0.1, 0.15) is 10.7 Å². The van der Waals surface area contributed by atoms with E-state index in [1.165, 1.54) is 0 Å². The van der Waals surface area contributed by atoms with E-state index in [1.54, 1.807) is 16.0 Å². The van der Waals surface area contributed by atoms with E-state index in [1.807, 2.05) is 19.3 Å². The van der Waals surface area contributed by atoms with Crippen molar-refractivity contribution in [1.29, 1.82) is 0 Å². The van der Waals surface area contributed by atoms with Crippen molar-refractivity contribution in [2.45, 2.75) is 19.9 Å². The summed E-state index contributed by atoms with van der Waals surface area (Å²) in [5.41, 5.74) is 7.70. The zero-order valence-electron chi connectivity index (χ0n) is 8.90. The summed E-state index contributed by atoms with van der Waals surface area (Å²) >= 11 is 1.64. The third-order valence-electron chi connectivity index (χ3n) is 2.23. The van der Waals surface area contributed by atoms with Crippen molar-refractivity contribution in [3.05, 3.63) is 22.8 Å². The zero-order valence-corrected chi connectivity index (χ0v) is 9.71. The molecular weight excluding hydrogens is 208 g/mol. The van der Waals surface area contributed by atoms with Crippen molar-refractivity contribution in [3.8, 4) is 10.7 Å². The number of thiazole rings is 1. The highest BCUT2D eigenvalue weighted by atomic mass is 32.1. The molecule has 0 aliphatic carbocycles. The lowest BCUT2D eigenvalue weighted by atomic mass is 10.3. The molecule has 0 saturated carbocycles. The van der Waals surface area contributed by atoms with Crippen LogP contribution in [0.4, 0.5) is 0 Å². The Balaban J connectivity index is 2.41. The molecule has 2 N–H and O–H groups in total. The molecule has 2 aromatic heterocycles. The maximum absolute atomic E-state index is 5.67. The van der Waals surface area contributed by atoms with Crippen LogP contribution in [0.15, 0.2) is 12.3 Å². The third kappa shape index (κ3) is 1.93. The fourth-order valence-electron chi connectivity index (χ4n) is 1.46. The van der Waals surface area contributed by atoms with E-state index >= 15 is 0 Å². The Morgan fingerprint density at radius 3 is 2.80 bits per heavy atom. The molecule has 0 spiro atoms. The topological polar surface area (TPSA) is 56.7 Å². The first-order valence-corrected chi connectivity index (χ1v) is 5.75. The summed E-state index contributed by atoms with van der Waals surface area (Å²) in [6.45, 7) is 2.66. The number of nitrogens with two attached hydrogens (primary N) is 1. The highest BCUT2D eigenvalue weighted by molar-refractivity contribution is 7.15. The van der Waals surface area contributed by atoms with Gasteiger partial charge in [-0.3, -0.25) is 4.68 Å². The van der Waals surface area contributed by atoms with Gasteiger partial charge in [0.2, 0.25) is 0 Å². The molecule has 0 aliphatic rings. The molecule has 2 aromatic rings. The molecule has 0 unspecified atom stereocenters. The zero-order chi connectivity index (χ0) is 10.8. The van der Waals surface area contributed by atoms with Gasteiger partial charge in [0, 0.05) is 24.7 Å². The molecule has 15 heavy (non-hydrogen) atoms. The summed E-state index contributed by atoms with van der Waals surface area (Å²) in [5, 5.41) is 5.29. The van der Waals surface area contributed by atoms with Crippen molar-refractivity contribution in [3.63, 3.8) is 0 Å². The Hall–Kier alpha value is -1.20. The normalized spacial score (nSPS) is 10.9. The van der Waals surface area contributed by atoms with Gasteiger partial charge in [-0.25, -0.2) is 4.98 Å². The summed E-state index contributed by atoms with van der Waals surface area (Å²) in [4.78, 5) is 5.71. The Bertz CT molecular complexity index is 436. The van der Waals surface area contributed by atoms with E-state index in [-0.39, 0.29) is 0 Å². The van der Waals surface area contributed by atoms with Crippen molar-refractivity contribution >= 4 is 11.3 Å². The Morgan fingerprint density at radius 2 is 2.33 bits per heavy atom. The number of aryl methyl sites for hydroxylation is 2. The highest BCUT2D eigenvalue weighted by Crippen LogP contribution is 2.26. The molecule has 2 rings (SSSR count). The second-order valence-corrected chi connectivity index (χ2v) is 4.40. The van der Waals surface area contributed by atoms with Crippen LogP contribution in [0.1, 0.15) is 17.5 Å². The summed E-state index contributed by atoms with van der Waals surface area (Å²) < 4.78 is 1.78. The lowest BCUT2D eigenvalue weighted by Gasteiger charge is -1.91. The molecule has 2 heterocycles. The van der Waals surface area contributed by atoms with Crippen LogP contribution >= 0.6 is 11.3 Å². The van der Waals surface area contributed by atoms with Crippen LogP contribution < -0.4 is 5.73 Å². The average molecular weight is 222 g/mol. The van der Waals surface area contributed by atoms with Crippen molar-refractivity contribution in [2.24, 2.45) is 12.8 Å². The van der Waals surface area contributed by atoms with Crippen LogP contribution in [-0.2, 0) is 20.0 Å². The van der Waals surface area contributed by atoms with Crippen molar-refractivity contribution in [2.75, 3.05) is 0 Å². The van der Waals surface area contributed by atoms with E-state index in [0.717, 1.165) is 27.7 Å². The highest BCUT2D eigenvalue weighted by Gasteiger charge is 2.11. The Kier molecular flexibility index (Phi) is 2.83. The molecule has 0 atom stereocenters. The molecule has 80 valence electrons. The van der Waals surface area contributed by atoms with Gasteiger partial charge in [0.15, 0.2) is 0 Å². The van der Waals surface area contributed by atoms with Crippen molar-refractivity contribution < 1.29 is 0 Å². The van der Waals surface area contributed by atoms with Gasteiger partial charge < -0.3 is 5.73 Å². The van der Waals surface area contributed by atoms with Gasteiger partial charge in [-0.1, -0.05) is 6.92 Å². The average Bonchev–Trinajstić information content (AvgIpc) is 2.82. The molecule has 0 bridgehead atoms. The standard InChI is InChI=1S/C10H14N4S/c1-3-7-9(6-11)15-10(12-7)8-4-5-14(2)13-8/h4-5H,3,6,11H2,1-2H3. The smallest absolute Gasteiger partial charge is 0.144 e. The van der Waals surface area contributed by atoms with Crippen LogP contribution in [0.5, 0.6) is 0 Å². The van der Waals surface area contributed by atoms with Gasteiger partial charge in [-0.15, -0.1) is 11.3 Å². The van der Waals surface area contributed by atoms with E-state index < -0.39 is 0 Å². The molecule has 0 aromatic carbocycles. The van der Waals surface area contributed by atoms with Gasteiger partial charge in [-0.2, -0.15) is 5.10 Å². The van der Waals surface area contributed by atoms with Crippen LogP contribution in [0.2, 0.25) is 0 Å². The Morgan fingerprint density at radius 1 is 1.53 bits per heavy atom. The first-order valence-electron chi connectivity index (χ1n) is 4.93. The molecule has 5 heteroatoms. The lowest BCUT2D eigenvalue weighted by molar-refractivity contribution is 0.770. The van der Waals surface area contributed by atoms with Crippen LogP contribution in [0, 0.1) is 0 Å². The van der Waals surface area contributed by atoms with Gasteiger partial charge in [-0.05, 0) is 12.5 Å².